The maximum Gasteiger partial charge on any atom is 0.164 e. The Hall–Kier alpha value is -5.68. The van der Waals surface area contributed by atoms with Gasteiger partial charge in [-0.15, -0.1) is 0 Å². The van der Waals surface area contributed by atoms with E-state index >= 15 is 0 Å². The van der Waals surface area contributed by atoms with Crippen molar-refractivity contribution in [3.8, 4) is 34.2 Å². The molecule has 220 valence electrons. The molecule has 0 aliphatic heterocycles. The topological polar surface area (TPSA) is 56.5 Å². The van der Waals surface area contributed by atoms with E-state index in [0.29, 0.717) is 17.5 Å². The summed E-state index contributed by atoms with van der Waals surface area (Å²) in [4.78, 5) is 19.8. The second-order valence-electron chi connectivity index (χ2n) is 12.7. The molecule has 2 aliphatic rings. The number of hydrogen-bond donors (Lipinski definition) is 0. The van der Waals surface area contributed by atoms with Gasteiger partial charge in [0.15, 0.2) is 17.5 Å². The van der Waals surface area contributed by atoms with Gasteiger partial charge in [0.25, 0.3) is 0 Å². The zero-order valence-electron chi connectivity index (χ0n) is 25.8. The number of para-hydroxylation sites is 1. The number of hydrogen-bond acceptors (Lipinski definition) is 4. The van der Waals surface area contributed by atoms with Crippen LogP contribution in [-0.2, 0) is 5.41 Å². The minimum atomic E-state index is -0.134. The molecule has 2 aliphatic carbocycles. The Balaban J connectivity index is 1.19. The molecular weight excluding hydrogens is 562 g/mol. The van der Waals surface area contributed by atoms with Crippen molar-refractivity contribution in [1.29, 1.82) is 0 Å². The molecular formula is C41H31N5. The van der Waals surface area contributed by atoms with Gasteiger partial charge >= 0.3 is 0 Å². The quantitative estimate of drug-likeness (QED) is 0.204. The first-order valence-electron chi connectivity index (χ1n) is 15.9. The molecule has 0 atom stereocenters. The van der Waals surface area contributed by atoms with E-state index in [2.05, 4.69) is 97.3 Å². The van der Waals surface area contributed by atoms with E-state index in [1.165, 1.54) is 44.3 Å². The molecule has 0 unspecified atom stereocenters. The first-order valence-corrected chi connectivity index (χ1v) is 15.9. The number of nitrogens with zero attached hydrogens (tertiary/aromatic N) is 5. The number of benzene rings is 4. The monoisotopic (exact) mass is 593 g/mol. The van der Waals surface area contributed by atoms with Crippen LogP contribution >= 0.6 is 0 Å². The van der Waals surface area contributed by atoms with Crippen molar-refractivity contribution in [2.24, 2.45) is 0 Å². The number of fused-ring (bicyclic) bond motifs is 5. The molecule has 0 bridgehead atoms. The lowest BCUT2D eigenvalue weighted by Gasteiger charge is -2.26. The molecule has 5 heteroatoms. The van der Waals surface area contributed by atoms with Gasteiger partial charge in [-0.25, -0.2) is 19.9 Å². The highest BCUT2D eigenvalue weighted by Gasteiger charge is 2.39. The fourth-order valence-electron chi connectivity index (χ4n) is 7.37. The zero-order chi connectivity index (χ0) is 30.8. The van der Waals surface area contributed by atoms with Gasteiger partial charge in [0.2, 0.25) is 0 Å². The molecule has 7 aromatic rings. The number of allylic oxidation sites excluding steroid dienone is 4. The summed E-state index contributed by atoms with van der Waals surface area (Å²) >= 11 is 0. The third-order valence-electron chi connectivity index (χ3n) is 9.64. The van der Waals surface area contributed by atoms with Crippen molar-refractivity contribution in [2.75, 3.05) is 0 Å². The Bertz CT molecular complexity index is 2270. The van der Waals surface area contributed by atoms with E-state index in [0.717, 1.165) is 35.2 Å². The second kappa shape index (κ2) is 10.2. The predicted octanol–water partition coefficient (Wildman–Crippen LogP) is 9.76. The van der Waals surface area contributed by atoms with Gasteiger partial charge in [0.05, 0.1) is 5.52 Å². The Morgan fingerprint density at radius 1 is 0.609 bits per heavy atom. The molecule has 0 spiro atoms. The van der Waals surface area contributed by atoms with Gasteiger partial charge in [-0.2, -0.15) is 0 Å². The maximum atomic E-state index is 5.01. The fourth-order valence-corrected chi connectivity index (χ4v) is 7.37. The third-order valence-corrected chi connectivity index (χ3v) is 9.64. The lowest BCUT2D eigenvalue weighted by Crippen LogP contribution is -2.17. The van der Waals surface area contributed by atoms with Gasteiger partial charge in [-0.1, -0.05) is 105 Å². The van der Waals surface area contributed by atoms with Crippen LogP contribution in [0.25, 0.3) is 67.4 Å². The molecule has 3 aromatic heterocycles. The van der Waals surface area contributed by atoms with Gasteiger partial charge in [-0.3, -0.25) is 4.57 Å². The summed E-state index contributed by atoms with van der Waals surface area (Å²) in [6, 6.07) is 39.9. The van der Waals surface area contributed by atoms with Crippen molar-refractivity contribution < 1.29 is 0 Å². The maximum absolute atomic E-state index is 5.01. The minimum Gasteiger partial charge on any atom is -0.298 e. The Labute approximate surface area is 267 Å². The van der Waals surface area contributed by atoms with Crippen LogP contribution in [0.2, 0.25) is 0 Å². The molecule has 0 amide bonds. The van der Waals surface area contributed by atoms with Crippen molar-refractivity contribution in [3.05, 3.63) is 144 Å². The largest absolute Gasteiger partial charge is 0.298 e. The van der Waals surface area contributed by atoms with Crippen molar-refractivity contribution in [3.63, 3.8) is 0 Å². The minimum absolute atomic E-state index is 0.134. The van der Waals surface area contributed by atoms with Crippen LogP contribution in [0.4, 0.5) is 0 Å². The molecule has 0 saturated carbocycles. The first-order chi connectivity index (χ1) is 22.6. The Morgan fingerprint density at radius 2 is 1.24 bits per heavy atom. The van der Waals surface area contributed by atoms with E-state index < -0.39 is 0 Å². The molecule has 3 heterocycles. The average molecular weight is 594 g/mol. The summed E-state index contributed by atoms with van der Waals surface area (Å²) < 4.78 is 2.37. The highest BCUT2D eigenvalue weighted by Crippen LogP contribution is 2.52. The van der Waals surface area contributed by atoms with E-state index in [9.17, 15) is 0 Å². The number of pyridine rings is 1. The van der Waals surface area contributed by atoms with Crippen molar-refractivity contribution in [1.82, 2.24) is 24.5 Å². The van der Waals surface area contributed by atoms with Crippen LogP contribution in [0.1, 0.15) is 37.8 Å². The van der Waals surface area contributed by atoms with E-state index in [4.69, 9.17) is 19.9 Å². The van der Waals surface area contributed by atoms with Crippen LogP contribution in [0.5, 0.6) is 0 Å². The van der Waals surface area contributed by atoms with Crippen LogP contribution < -0.4 is 0 Å². The summed E-state index contributed by atoms with van der Waals surface area (Å²) in [6.45, 7) is 4.70. The third kappa shape index (κ3) is 4.08. The molecule has 0 N–H and O–H groups in total. The molecule has 0 saturated heterocycles. The SMILES string of the molecule is CC1(C)C2=C(CCC(n3c4ccccc4c4cccnc43)=C2)c2cc(-c3nc(-c4ccccc4)nc(-c4ccccc4)n3)ccc21. The van der Waals surface area contributed by atoms with Crippen LogP contribution in [0.15, 0.2) is 133 Å². The van der Waals surface area contributed by atoms with Gasteiger partial charge in [0.1, 0.15) is 5.65 Å². The second-order valence-corrected chi connectivity index (χ2v) is 12.7. The van der Waals surface area contributed by atoms with Crippen LogP contribution in [0, 0.1) is 0 Å². The molecule has 46 heavy (non-hydrogen) atoms. The predicted molar refractivity (Wildman–Crippen MR) is 187 cm³/mol. The lowest BCUT2D eigenvalue weighted by atomic mass is 9.79. The number of aromatic nitrogens is 5. The van der Waals surface area contributed by atoms with Crippen LogP contribution in [0.3, 0.4) is 0 Å². The summed E-state index contributed by atoms with van der Waals surface area (Å²) in [5, 5.41) is 2.44. The highest BCUT2D eigenvalue weighted by molar-refractivity contribution is 6.09. The van der Waals surface area contributed by atoms with E-state index in [1.807, 2.05) is 48.7 Å². The molecule has 0 fully saturated rings. The average Bonchev–Trinajstić information content (AvgIpc) is 3.57. The summed E-state index contributed by atoms with van der Waals surface area (Å²) in [5.41, 5.74) is 11.8. The standard InChI is InChI=1S/C41H31N5/c1-41(2)34-22-19-28(39-44-37(26-12-5-3-6-13-26)43-38(45-39)27-14-7-4-8-15-27)24-33(34)30-21-20-29(25-35(30)41)46-36-18-10-9-16-31(36)32-17-11-23-42-40(32)46/h3-19,22-25H,20-21H2,1-2H3. The Morgan fingerprint density at radius 3 is 1.96 bits per heavy atom. The van der Waals surface area contributed by atoms with Gasteiger partial charge < -0.3 is 0 Å². The van der Waals surface area contributed by atoms with Crippen molar-refractivity contribution in [2.45, 2.75) is 32.1 Å². The molecule has 4 aromatic carbocycles. The van der Waals surface area contributed by atoms with E-state index in [1.54, 1.807) is 0 Å². The Kier molecular flexibility index (Phi) is 5.91. The summed E-state index contributed by atoms with van der Waals surface area (Å²) in [5.74, 6) is 2.04. The lowest BCUT2D eigenvalue weighted by molar-refractivity contribution is 0.651. The molecule has 0 radical (unpaired) electrons. The van der Waals surface area contributed by atoms with Crippen LogP contribution in [-0.4, -0.2) is 24.5 Å². The van der Waals surface area contributed by atoms with E-state index in [-0.39, 0.29) is 5.41 Å². The number of rotatable bonds is 4. The highest BCUT2D eigenvalue weighted by atomic mass is 15.1. The first kappa shape index (κ1) is 26.7. The van der Waals surface area contributed by atoms with Crippen molar-refractivity contribution >= 4 is 33.2 Å². The smallest absolute Gasteiger partial charge is 0.164 e. The normalized spacial score (nSPS) is 15.2. The molecule has 5 nitrogen and oxygen atoms in total. The summed E-state index contributed by atoms with van der Waals surface area (Å²) in [7, 11) is 0. The zero-order valence-corrected chi connectivity index (χ0v) is 25.8. The van der Waals surface area contributed by atoms with Gasteiger partial charge in [0, 0.05) is 44.8 Å². The molecule has 9 rings (SSSR count). The fraction of sp³-hybridized carbons (Fsp3) is 0.122. The van der Waals surface area contributed by atoms with Gasteiger partial charge in [-0.05, 0) is 65.5 Å². The summed E-state index contributed by atoms with van der Waals surface area (Å²) in [6.07, 6.45) is 6.23.